The summed E-state index contributed by atoms with van der Waals surface area (Å²) in [5, 5.41) is 10.2. The highest BCUT2D eigenvalue weighted by Gasteiger charge is 2.19. The van der Waals surface area contributed by atoms with Gasteiger partial charge in [0.25, 0.3) is 0 Å². The number of rotatable bonds is 6. The largest absolute Gasteiger partial charge is 0.415 e. The van der Waals surface area contributed by atoms with E-state index in [1.54, 1.807) is 17.0 Å². The van der Waals surface area contributed by atoms with E-state index < -0.39 is 0 Å². The van der Waals surface area contributed by atoms with Gasteiger partial charge in [0.15, 0.2) is 0 Å². The third kappa shape index (κ3) is 4.61. The lowest BCUT2D eigenvalue weighted by Crippen LogP contribution is -2.33. The lowest BCUT2D eigenvalue weighted by molar-refractivity contribution is 0.157. The second-order valence-corrected chi connectivity index (χ2v) is 8.03. The van der Waals surface area contributed by atoms with Gasteiger partial charge in [0.1, 0.15) is 5.75 Å². The number of aryl methyl sites for hydroxylation is 1. The minimum absolute atomic E-state index is 0.367. The van der Waals surface area contributed by atoms with E-state index in [0.717, 1.165) is 28.6 Å². The minimum Gasteiger partial charge on any atom is -0.410 e. The van der Waals surface area contributed by atoms with Gasteiger partial charge in [-0.3, -0.25) is 0 Å². The van der Waals surface area contributed by atoms with Crippen LogP contribution < -0.4 is 4.74 Å². The Morgan fingerprint density at radius 2 is 1.79 bits per heavy atom. The summed E-state index contributed by atoms with van der Waals surface area (Å²) in [7, 11) is 0. The van der Waals surface area contributed by atoms with Crippen molar-refractivity contribution >= 4 is 17.0 Å². The third-order valence-electron chi connectivity index (χ3n) is 5.87. The maximum atomic E-state index is 12.7. The van der Waals surface area contributed by atoms with E-state index in [1.807, 2.05) is 38.1 Å². The van der Waals surface area contributed by atoms with Gasteiger partial charge in [-0.1, -0.05) is 42.0 Å². The maximum Gasteiger partial charge on any atom is 0.415 e. The van der Waals surface area contributed by atoms with Crippen molar-refractivity contribution in [2.45, 2.75) is 27.3 Å². The molecular weight excluding hydrogens is 410 g/mol. The molecule has 0 N–H and O–H groups in total. The Kier molecular flexibility index (Phi) is 6.46. The Labute approximate surface area is 194 Å². The third-order valence-corrected chi connectivity index (χ3v) is 5.87. The fourth-order valence-corrected chi connectivity index (χ4v) is 4.13. The molecule has 0 bridgehead atoms. The molecule has 0 atom stereocenters. The fourth-order valence-electron chi connectivity index (χ4n) is 4.13. The van der Waals surface area contributed by atoms with Crippen LogP contribution in [0.5, 0.6) is 5.75 Å². The number of fused-ring (bicyclic) bond motifs is 1. The Morgan fingerprint density at radius 3 is 2.45 bits per heavy atom. The highest BCUT2D eigenvalue weighted by atomic mass is 16.6. The van der Waals surface area contributed by atoms with Gasteiger partial charge in [-0.15, -0.1) is 0 Å². The van der Waals surface area contributed by atoms with Crippen molar-refractivity contribution in [1.82, 2.24) is 9.47 Å². The summed E-state index contributed by atoms with van der Waals surface area (Å²) in [6, 6.07) is 23.9. The highest BCUT2D eigenvalue weighted by molar-refractivity contribution is 5.99. The van der Waals surface area contributed by atoms with Gasteiger partial charge >= 0.3 is 6.09 Å². The number of nitriles is 1. The first-order valence-corrected chi connectivity index (χ1v) is 11.2. The zero-order valence-electron chi connectivity index (χ0n) is 19.2. The first-order valence-electron chi connectivity index (χ1n) is 11.2. The van der Waals surface area contributed by atoms with Crippen LogP contribution in [0, 0.1) is 18.3 Å². The molecule has 166 valence electrons. The van der Waals surface area contributed by atoms with Crippen molar-refractivity contribution in [2.24, 2.45) is 0 Å². The van der Waals surface area contributed by atoms with Crippen LogP contribution >= 0.6 is 0 Å². The van der Waals surface area contributed by atoms with Crippen LogP contribution in [0.15, 0.2) is 72.9 Å². The molecule has 5 heteroatoms. The fraction of sp³-hybridized carbons (Fsp3) is 0.214. The molecule has 1 heterocycles. The molecule has 0 aliphatic heterocycles. The van der Waals surface area contributed by atoms with E-state index in [1.165, 1.54) is 11.1 Å². The lowest BCUT2D eigenvalue weighted by Gasteiger charge is -2.20. The Balaban J connectivity index is 1.81. The van der Waals surface area contributed by atoms with Gasteiger partial charge in [-0.05, 0) is 62.2 Å². The lowest BCUT2D eigenvalue weighted by atomic mass is 9.99. The zero-order valence-corrected chi connectivity index (χ0v) is 19.2. The van der Waals surface area contributed by atoms with Crippen LogP contribution in [0.1, 0.15) is 30.5 Å². The van der Waals surface area contributed by atoms with Crippen molar-refractivity contribution in [3.05, 3.63) is 89.6 Å². The number of amides is 1. The van der Waals surface area contributed by atoms with Crippen LogP contribution in [-0.4, -0.2) is 28.6 Å². The predicted molar refractivity (Wildman–Crippen MR) is 131 cm³/mol. The Bertz CT molecular complexity index is 1330. The van der Waals surface area contributed by atoms with Crippen LogP contribution in [-0.2, 0) is 6.54 Å². The second kappa shape index (κ2) is 9.62. The number of benzene rings is 3. The smallest absolute Gasteiger partial charge is 0.410 e. The summed E-state index contributed by atoms with van der Waals surface area (Å²) in [5.74, 6) is 0.511. The van der Waals surface area contributed by atoms with Crippen LogP contribution in [0.4, 0.5) is 4.79 Å². The number of ether oxygens (including phenoxy) is 1. The molecule has 0 aliphatic carbocycles. The number of carbonyl (C=O) groups excluding carboxylic acids is 1. The van der Waals surface area contributed by atoms with E-state index in [2.05, 4.69) is 54.1 Å². The predicted octanol–water partition coefficient (Wildman–Crippen LogP) is 6.38. The van der Waals surface area contributed by atoms with Gasteiger partial charge in [0.05, 0.1) is 11.6 Å². The van der Waals surface area contributed by atoms with E-state index in [9.17, 15) is 10.1 Å². The molecule has 0 aliphatic rings. The first kappa shape index (κ1) is 22.2. The summed E-state index contributed by atoms with van der Waals surface area (Å²) in [6.07, 6.45) is 1.70. The summed E-state index contributed by atoms with van der Waals surface area (Å²) in [6.45, 7) is 7.86. The molecule has 1 aromatic heterocycles. The number of nitrogens with zero attached hydrogens (tertiary/aromatic N) is 3. The Morgan fingerprint density at radius 1 is 1.03 bits per heavy atom. The molecule has 0 unspecified atom stereocenters. The van der Waals surface area contributed by atoms with Gasteiger partial charge in [-0.25, -0.2) is 4.79 Å². The summed E-state index contributed by atoms with van der Waals surface area (Å²) in [4.78, 5) is 14.4. The van der Waals surface area contributed by atoms with E-state index in [0.29, 0.717) is 24.4 Å². The van der Waals surface area contributed by atoms with Gasteiger partial charge in [0, 0.05) is 42.3 Å². The maximum absolute atomic E-state index is 12.7. The topological polar surface area (TPSA) is 58.3 Å². The van der Waals surface area contributed by atoms with E-state index in [-0.39, 0.29) is 6.09 Å². The molecular formula is C28H27N3O2. The van der Waals surface area contributed by atoms with Gasteiger partial charge in [0.2, 0.25) is 0 Å². The quantitative estimate of drug-likeness (QED) is 0.352. The van der Waals surface area contributed by atoms with Crippen LogP contribution in [0.25, 0.3) is 22.0 Å². The van der Waals surface area contributed by atoms with Crippen LogP contribution in [0.2, 0.25) is 0 Å². The molecule has 4 aromatic rings. The number of hydrogen-bond acceptors (Lipinski definition) is 3. The normalized spacial score (nSPS) is 10.7. The van der Waals surface area contributed by atoms with Crippen molar-refractivity contribution in [2.75, 3.05) is 13.1 Å². The van der Waals surface area contributed by atoms with Crippen molar-refractivity contribution < 1.29 is 9.53 Å². The highest BCUT2D eigenvalue weighted by Crippen LogP contribution is 2.38. The minimum atomic E-state index is -0.367. The average Bonchev–Trinajstić information content (AvgIpc) is 3.22. The molecule has 0 fully saturated rings. The monoisotopic (exact) mass is 437 g/mol. The first-order chi connectivity index (χ1) is 16.0. The number of carbonyl (C=O) groups is 1. The van der Waals surface area contributed by atoms with Crippen LogP contribution in [0.3, 0.4) is 0 Å². The Hall–Kier alpha value is -4.04. The molecule has 4 rings (SSSR count). The molecule has 3 aromatic carbocycles. The van der Waals surface area contributed by atoms with Gasteiger partial charge in [-0.2, -0.15) is 5.26 Å². The standard InChI is InChI=1S/C28H27N3O2/c1-4-30(5-2)28(32)33-26-14-13-25-24(27(26)23-11-9-21(18-29)10-12-23)15-16-31(25)19-22-8-6-7-20(3)17-22/h6-17H,4-5,19H2,1-3H3. The molecule has 0 radical (unpaired) electrons. The summed E-state index contributed by atoms with van der Waals surface area (Å²) < 4.78 is 8.07. The molecule has 0 saturated heterocycles. The van der Waals surface area contributed by atoms with Gasteiger partial charge < -0.3 is 14.2 Å². The van der Waals surface area contributed by atoms with Crippen molar-refractivity contribution in [1.29, 1.82) is 5.26 Å². The molecule has 33 heavy (non-hydrogen) atoms. The summed E-state index contributed by atoms with van der Waals surface area (Å²) >= 11 is 0. The molecule has 1 amide bonds. The SMILES string of the molecule is CCN(CC)C(=O)Oc1ccc2c(ccn2Cc2cccc(C)c2)c1-c1ccc(C#N)cc1. The van der Waals surface area contributed by atoms with Crippen molar-refractivity contribution in [3.8, 4) is 22.9 Å². The zero-order chi connectivity index (χ0) is 23.4. The van der Waals surface area contributed by atoms with E-state index >= 15 is 0 Å². The number of hydrogen-bond donors (Lipinski definition) is 0. The molecule has 0 spiro atoms. The van der Waals surface area contributed by atoms with Crippen molar-refractivity contribution in [3.63, 3.8) is 0 Å². The number of aromatic nitrogens is 1. The average molecular weight is 438 g/mol. The molecule has 0 saturated carbocycles. The summed E-state index contributed by atoms with van der Waals surface area (Å²) in [5.41, 5.74) is 5.84. The molecule has 5 nitrogen and oxygen atoms in total. The second-order valence-electron chi connectivity index (χ2n) is 8.03. The van der Waals surface area contributed by atoms with E-state index in [4.69, 9.17) is 4.74 Å².